The molecule has 1 saturated carbocycles. The van der Waals surface area contributed by atoms with Gasteiger partial charge in [0.05, 0.1) is 4.91 Å². The van der Waals surface area contributed by atoms with Crippen LogP contribution in [0, 0.1) is 0 Å². The van der Waals surface area contributed by atoms with Crippen LogP contribution in [0.3, 0.4) is 0 Å². The SMILES string of the molecule is O=C(CCN1C(=O)C(=Cc2cccc(Br)c2)SC1=S)NC1CCCCC1. The second kappa shape index (κ2) is 9.15. The van der Waals surface area contributed by atoms with Crippen molar-refractivity contribution < 1.29 is 9.59 Å². The third kappa shape index (κ3) is 5.18. The Kier molecular flexibility index (Phi) is 6.89. The summed E-state index contributed by atoms with van der Waals surface area (Å²) in [6.07, 6.45) is 7.86. The number of carbonyl (C=O) groups excluding carboxylic acids is 2. The molecule has 0 bridgehead atoms. The molecule has 2 aliphatic rings. The number of thiocarbonyl (C=S) groups is 1. The number of amides is 2. The fourth-order valence-corrected chi connectivity index (χ4v) is 4.93. The number of benzene rings is 1. The molecule has 0 unspecified atom stereocenters. The average molecular weight is 453 g/mol. The number of halogens is 1. The Hall–Kier alpha value is -1.18. The van der Waals surface area contributed by atoms with Gasteiger partial charge in [-0.15, -0.1) is 0 Å². The normalized spacial score (nSPS) is 20.0. The Morgan fingerprint density at radius 1 is 1.35 bits per heavy atom. The van der Waals surface area contributed by atoms with Crippen LogP contribution >= 0.6 is 39.9 Å². The molecule has 1 aromatic carbocycles. The molecule has 2 fully saturated rings. The van der Waals surface area contributed by atoms with Crippen molar-refractivity contribution in [2.24, 2.45) is 0 Å². The zero-order chi connectivity index (χ0) is 18.5. The van der Waals surface area contributed by atoms with Gasteiger partial charge in [0.25, 0.3) is 5.91 Å². The van der Waals surface area contributed by atoms with Gasteiger partial charge in [-0.3, -0.25) is 14.5 Å². The van der Waals surface area contributed by atoms with Gasteiger partial charge in [-0.25, -0.2) is 0 Å². The Morgan fingerprint density at radius 2 is 2.12 bits per heavy atom. The summed E-state index contributed by atoms with van der Waals surface area (Å²) in [6.45, 7) is 0.332. The van der Waals surface area contributed by atoms with Crippen LogP contribution in [0.15, 0.2) is 33.6 Å². The van der Waals surface area contributed by atoms with Gasteiger partial charge in [-0.1, -0.05) is 71.3 Å². The van der Waals surface area contributed by atoms with Gasteiger partial charge in [0.2, 0.25) is 5.91 Å². The van der Waals surface area contributed by atoms with E-state index >= 15 is 0 Å². The molecule has 2 amide bonds. The molecule has 1 aliphatic carbocycles. The van der Waals surface area contributed by atoms with Crippen LogP contribution in [0.4, 0.5) is 0 Å². The maximum Gasteiger partial charge on any atom is 0.266 e. The number of nitrogens with one attached hydrogen (secondary N) is 1. The lowest BCUT2D eigenvalue weighted by molar-refractivity contribution is -0.124. The Morgan fingerprint density at radius 3 is 2.85 bits per heavy atom. The quantitative estimate of drug-likeness (QED) is 0.527. The van der Waals surface area contributed by atoms with Crippen molar-refractivity contribution in [3.8, 4) is 0 Å². The molecule has 1 heterocycles. The van der Waals surface area contributed by atoms with Crippen LogP contribution in [0.25, 0.3) is 6.08 Å². The molecule has 1 N–H and O–H groups in total. The lowest BCUT2D eigenvalue weighted by Crippen LogP contribution is -2.39. The van der Waals surface area contributed by atoms with E-state index in [1.54, 1.807) is 0 Å². The smallest absolute Gasteiger partial charge is 0.266 e. The van der Waals surface area contributed by atoms with Crippen LogP contribution in [-0.2, 0) is 9.59 Å². The Labute approximate surface area is 171 Å². The second-order valence-corrected chi connectivity index (χ2v) is 9.13. The molecular weight excluding hydrogens is 432 g/mol. The van der Waals surface area contributed by atoms with E-state index < -0.39 is 0 Å². The largest absolute Gasteiger partial charge is 0.353 e. The van der Waals surface area contributed by atoms with Gasteiger partial charge in [-0.05, 0) is 36.6 Å². The summed E-state index contributed by atoms with van der Waals surface area (Å²) in [5.74, 6) is -0.118. The monoisotopic (exact) mass is 452 g/mol. The highest BCUT2D eigenvalue weighted by Crippen LogP contribution is 2.33. The standard InChI is InChI=1S/C19H21BrN2O2S2/c20-14-6-4-5-13(11-14)12-16-18(24)22(19(25)26-16)10-9-17(23)21-15-7-2-1-3-8-15/h4-6,11-12,15H,1-3,7-10H2,(H,21,23). The molecule has 26 heavy (non-hydrogen) atoms. The molecule has 4 nitrogen and oxygen atoms in total. The van der Waals surface area contributed by atoms with Gasteiger partial charge in [0, 0.05) is 23.5 Å². The summed E-state index contributed by atoms with van der Waals surface area (Å²) in [6, 6.07) is 8.04. The second-order valence-electron chi connectivity index (χ2n) is 6.54. The molecule has 138 valence electrons. The van der Waals surface area contributed by atoms with Crippen molar-refractivity contribution in [1.82, 2.24) is 10.2 Å². The van der Waals surface area contributed by atoms with Crippen molar-refractivity contribution in [3.05, 3.63) is 39.2 Å². The number of thioether (sulfide) groups is 1. The predicted octanol–water partition coefficient (Wildman–Crippen LogP) is 4.49. The van der Waals surface area contributed by atoms with Crippen LogP contribution in [0.5, 0.6) is 0 Å². The van der Waals surface area contributed by atoms with Crippen LogP contribution in [-0.4, -0.2) is 33.6 Å². The first kappa shape index (κ1) is 19.6. The van der Waals surface area contributed by atoms with Gasteiger partial charge >= 0.3 is 0 Å². The first-order valence-electron chi connectivity index (χ1n) is 8.83. The van der Waals surface area contributed by atoms with Gasteiger partial charge in [-0.2, -0.15) is 0 Å². The summed E-state index contributed by atoms with van der Waals surface area (Å²) < 4.78 is 1.47. The van der Waals surface area contributed by atoms with E-state index in [1.165, 1.54) is 35.9 Å². The van der Waals surface area contributed by atoms with Crippen LogP contribution in [0.1, 0.15) is 44.1 Å². The number of hydrogen-bond acceptors (Lipinski definition) is 4. The van der Waals surface area contributed by atoms with E-state index in [2.05, 4.69) is 21.2 Å². The molecule has 7 heteroatoms. The minimum absolute atomic E-state index is 0.00178. The van der Waals surface area contributed by atoms with E-state index in [9.17, 15) is 9.59 Å². The highest BCUT2D eigenvalue weighted by atomic mass is 79.9. The third-order valence-electron chi connectivity index (χ3n) is 4.55. The highest BCUT2D eigenvalue weighted by molar-refractivity contribution is 9.10. The maximum atomic E-state index is 12.6. The molecular formula is C19H21BrN2O2S2. The molecule has 0 radical (unpaired) electrons. The summed E-state index contributed by atoms with van der Waals surface area (Å²) in [5, 5.41) is 3.08. The van der Waals surface area contributed by atoms with Crippen molar-refractivity contribution in [2.45, 2.75) is 44.6 Å². The molecule has 3 rings (SSSR count). The zero-order valence-corrected chi connectivity index (χ0v) is 17.6. The molecule has 1 saturated heterocycles. The van der Waals surface area contributed by atoms with Crippen molar-refractivity contribution >= 4 is 62.1 Å². The van der Waals surface area contributed by atoms with E-state index in [0.717, 1.165) is 22.9 Å². The highest BCUT2D eigenvalue weighted by Gasteiger charge is 2.32. The molecule has 0 atom stereocenters. The molecule has 1 aromatic rings. The first-order valence-corrected chi connectivity index (χ1v) is 10.8. The first-order chi connectivity index (χ1) is 12.5. The lowest BCUT2D eigenvalue weighted by atomic mass is 9.95. The lowest BCUT2D eigenvalue weighted by Gasteiger charge is -2.23. The van der Waals surface area contributed by atoms with Gasteiger partial charge < -0.3 is 5.32 Å². The number of nitrogens with zero attached hydrogens (tertiary/aromatic N) is 1. The van der Waals surface area contributed by atoms with E-state index in [4.69, 9.17) is 12.2 Å². The summed E-state index contributed by atoms with van der Waals surface area (Å²) >= 11 is 10.1. The average Bonchev–Trinajstić information content (AvgIpc) is 2.87. The van der Waals surface area contributed by atoms with Crippen LogP contribution < -0.4 is 5.32 Å². The minimum Gasteiger partial charge on any atom is -0.353 e. The fourth-order valence-electron chi connectivity index (χ4n) is 3.20. The summed E-state index contributed by atoms with van der Waals surface area (Å²) in [7, 11) is 0. The number of carbonyl (C=O) groups is 2. The Balaban J connectivity index is 1.56. The van der Waals surface area contributed by atoms with E-state index in [1.807, 2.05) is 30.3 Å². The van der Waals surface area contributed by atoms with Crippen molar-refractivity contribution in [3.63, 3.8) is 0 Å². The van der Waals surface area contributed by atoms with Gasteiger partial charge in [0.15, 0.2) is 0 Å². The molecule has 0 spiro atoms. The third-order valence-corrected chi connectivity index (χ3v) is 6.42. The molecule has 0 aromatic heterocycles. The Bertz CT molecular complexity index is 745. The summed E-state index contributed by atoms with van der Waals surface area (Å²) in [5.41, 5.74) is 0.940. The van der Waals surface area contributed by atoms with Crippen LogP contribution in [0.2, 0.25) is 0 Å². The topological polar surface area (TPSA) is 49.4 Å². The van der Waals surface area contributed by atoms with Crippen molar-refractivity contribution in [1.29, 1.82) is 0 Å². The summed E-state index contributed by atoms with van der Waals surface area (Å²) in [4.78, 5) is 26.9. The molecule has 1 aliphatic heterocycles. The minimum atomic E-state index is -0.120. The fraction of sp³-hybridized carbons (Fsp3) is 0.421. The van der Waals surface area contributed by atoms with E-state index in [0.29, 0.717) is 21.8 Å². The van der Waals surface area contributed by atoms with E-state index in [-0.39, 0.29) is 18.2 Å². The van der Waals surface area contributed by atoms with Crippen molar-refractivity contribution in [2.75, 3.05) is 6.54 Å². The van der Waals surface area contributed by atoms with Gasteiger partial charge in [0.1, 0.15) is 4.32 Å². The zero-order valence-electron chi connectivity index (χ0n) is 14.4. The predicted molar refractivity (Wildman–Crippen MR) is 114 cm³/mol. The number of rotatable bonds is 5. The maximum absolute atomic E-state index is 12.6. The number of hydrogen-bond donors (Lipinski definition) is 1.